The molecule has 0 radical (unpaired) electrons. The molecule has 1 amide bonds. The maximum absolute atomic E-state index is 12.7. The van der Waals surface area contributed by atoms with Gasteiger partial charge in [-0.1, -0.05) is 6.07 Å². The summed E-state index contributed by atoms with van der Waals surface area (Å²) in [5.41, 5.74) is 1.16. The summed E-state index contributed by atoms with van der Waals surface area (Å²) >= 11 is 1.45. The number of nitrogens with one attached hydrogen (secondary N) is 1. The van der Waals surface area contributed by atoms with Crippen LogP contribution in [-0.4, -0.2) is 24.7 Å². The van der Waals surface area contributed by atoms with Crippen molar-refractivity contribution in [1.82, 2.24) is 9.88 Å². The SMILES string of the molecule is COc1ccc(CNC(=O)c2c(C)sc3ccn(C)c(=O)c23)cc1OC. The molecule has 136 valence electrons. The minimum atomic E-state index is -0.258. The van der Waals surface area contributed by atoms with Crippen molar-refractivity contribution in [2.45, 2.75) is 13.5 Å². The molecular formula is C19H20N2O4S. The van der Waals surface area contributed by atoms with E-state index in [9.17, 15) is 9.59 Å². The van der Waals surface area contributed by atoms with Gasteiger partial charge >= 0.3 is 0 Å². The number of aryl methyl sites for hydroxylation is 2. The van der Waals surface area contributed by atoms with Gasteiger partial charge in [0.1, 0.15) is 0 Å². The summed E-state index contributed by atoms with van der Waals surface area (Å²) in [5, 5.41) is 3.37. The molecule has 2 heterocycles. The largest absolute Gasteiger partial charge is 0.493 e. The first-order chi connectivity index (χ1) is 12.5. The van der Waals surface area contributed by atoms with Crippen LogP contribution in [0.3, 0.4) is 0 Å². The Hall–Kier alpha value is -2.80. The van der Waals surface area contributed by atoms with Crippen LogP contribution in [0.4, 0.5) is 0 Å². The minimum absolute atomic E-state index is 0.164. The van der Waals surface area contributed by atoms with E-state index in [0.29, 0.717) is 29.0 Å². The Morgan fingerprint density at radius 1 is 1.19 bits per heavy atom. The minimum Gasteiger partial charge on any atom is -0.493 e. The van der Waals surface area contributed by atoms with E-state index in [1.54, 1.807) is 33.5 Å². The lowest BCUT2D eigenvalue weighted by molar-refractivity contribution is 0.0952. The van der Waals surface area contributed by atoms with Crippen LogP contribution >= 0.6 is 11.3 Å². The van der Waals surface area contributed by atoms with Gasteiger partial charge in [-0.15, -0.1) is 11.3 Å². The molecule has 0 aliphatic heterocycles. The summed E-state index contributed by atoms with van der Waals surface area (Å²) in [7, 11) is 4.82. The summed E-state index contributed by atoms with van der Waals surface area (Å²) in [5.74, 6) is 0.975. The molecule has 1 aromatic carbocycles. The van der Waals surface area contributed by atoms with Crippen molar-refractivity contribution in [2.75, 3.05) is 14.2 Å². The maximum Gasteiger partial charge on any atom is 0.259 e. The third-order valence-electron chi connectivity index (χ3n) is 4.22. The molecule has 0 saturated carbocycles. The average Bonchev–Trinajstić information content (AvgIpc) is 2.99. The Morgan fingerprint density at radius 2 is 1.92 bits per heavy atom. The zero-order valence-electron chi connectivity index (χ0n) is 15.1. The number of hydrogen-bond acceptors (Lipinski definition) is 5. The van der Waals surface area contributed by atoms with Crippen LogP contribution in [0.15, 0.2) is 35.3 Å². The van der Waals surface area contributed by atoms with Crippen molar-refractivity contribution in [3.8, 4) is 11.5 Å². The van der Waals surface area contributed by atoms with E-state index < -0.39 is 0 Å². The molecule has 3 rings (SSSR count). The Kier molecular flexibility index (Phi) is 4.99. The van der Waals surface area contributed by atoms with E-state index in [1.807, 2.05) is 25.1 Å². The monoisotopic (exact) mass is 372 g/mol. The van der Waals surface area contributed by atoms with Crippen molar-refractivity contribution >= 4 is 27.3 Å². The van der Waals surface area contributed by atoms with Crippen LogP contribution in [0.2, 0.25) is 0 Å². The zero-order chi connectivity index (χ0) is 18.8. The van der Waals surface area contributed by atoms with Crippen LogP contribution in [-0.2, 0) is 13.6 Å². The molecule has 0 spiro atoms. The lowest BCUT2D eigenvalue weighted by Crippen LogP contribution is -2.25. The van der Waals surface area contributed by atoms with Gasteiger partial charge < -0.3 is 19.4 Å². The standard InChI is InChI=1S/C19H20N2O4S/c1-11-16(17-15(26-11)7-8-21(2)19(17)23)18(22)20-10-12-5-6-13(24-3)14(9-12)25-4/h5-9H,10H2,1-4H3,(H,20,22). The number of fused-ring (bicyclic) bond motifs is 1. The first-order valence-electron chi connectivity index (χ1n) is 8.04. The van der Waals surface area contributed by atoms with Gasteiger partial charge in [-0.3, -0.25) is 9.59 Å². The van der Waals surface area contributed by atoms with Crippen LogP contribution < -0.4 is 20.3 Å². The van der Waals surface area contributed by atoms with E-state index in [1.165, 1.54) is 15.9 Å². The van der Waals surface area contributed by atoms with E-state index in [-0.39, 0.29) is 11.5 Å². The van der Waals surface area contributed by atoms with Gasteiger partial charge in [0, 0.05) is 29.4 Å². The van der Waals surface area contributed by atoms with Crippen molar-refractivity contribution in [1.29, 1.82) is 0 Å². The molecule has 1 N–H and O–H groups in total. The first-order valence-corrected chi connectivity index (χ1v) is 8.85. The molecular weight excluding hydrogens is 352 g/mol. The lowest BCUT2D eigenvalue weighted by Gasteiger charge is -2.10. The number of rotatable bonds is 5. The molecule has 6 nitrogen and oxygen atoms in total. The van der Waals surface area contributed by atoms with Crippen molar-refractivity contribution < 1.29 is 14.3 Å². The fourth-order valence-corrected chi connectivity index (χ4v) is 3.90. The summed E-state index contributed by atoms with van der Waals surface area (Å²) in [4.78, 5) is 26.0. The third kappa shape index (κ3) is 3.17. The number of ether oxygens (including phenoxy) is 2. The maximum atomic E-state index is 12.7. The summed E-state index contributed by atoms with van der Waals surface area (Å²) in [6.07, 6.45) is 1.71. The second kappa shape index (κ2) is 7.21. The molecule has 0 unspecified atom stereocenters. The molecule has 0 bridgehead atoms. The number of amides is 1. The van der Waals surface area contributed by atoms with Gasteiger partial charge in [-0.25, -0.2) is 0 Å². The number of benzene rings is 1. The second-order valence-corrected chi connectivity index (χ2v) is 7.13. The Bertz CT molecular complexity index is 1040. The molecule has 0 atom stereocenters. The zero-order valence-corrected chi connectivity index (χ0v) is 15.9. The first kappa shape index (κ1) is 18.0. The number of methoxy groups -OCH3 is 2. The number of carbonyl (C=O) groups is 1. The highest BCUT2D eigenvalue weighted by atomic mass is 32.1. The van der Waals surface area contributed by atoms with Crippen LogP contribution in [0.5, 0.6) is 11.5 Å². The number of aromatic nitrogens is 1. The van der Waals surface area contributed by atoms with Crippen LogP contribution in [0.1, 0.15) is 20.8 Å². The predicted octanol–water partition coefficient (Wildman–Crippen LogP) is 2.86. The molecule has 7 heteroatoms. The van der Waals surface area contributed by atoms with Crippen molar-refractivity contribution in [3.05, 3.63) is 56.8 Å². The molecule has 0 aliphatic rings. The molecule has 2 aromatic heterocycles. The van der Waals surface area contributed by atoms with E-state index in [4.69, 9.17) is 9.47 Å². The smallest absolute Gasteiger partial charge is 0.259 e. The van der Waals surface area contributed by atoms with Gasteiger partial charge in [0.25, 0.3) is 11.5 Å². The molecule has 0 saturated heterocycles. The van der Waals surface area contributed by atoms with Crippen molar-refractivity contribution in [2.24, 2.45) is 7.05 Å². The van der Waals surface area contributed by atoms with E-state index >= 15 is 0 Å². The number of carbonyl (C=O) groups excluding carboxylic acids is 1. The second-order valence-electron chi connectivity index (χ2n) is 5.88. The number of nitrogens with zero attached hydrogens (tertiary/aromatic N) is 1. The van der Waals surface area contributed by atoms with Gasteiger partial charge in [0.2, 0.25) is 0 Å². The molecule has 0 aliphatic carbocycles. The molecule has 3 aromatic rings. The third-order valence-corrected chi connectivity index (χ3v) is 5.29. The summed E-state index contributed by atoms with van der Waals surface area (Å²) in [6.45, 7) is 2.18. The normalized spacial score (nSPS) is 10.8. The Balaban J connectivity index is 1.88. The highest BCUT2D eigenvalue weighted by molar-refractivity contribution is 7.19. The topological polar surface area (TPSA) is 69.6 Å². The lowest BCUT2D eigenvalue weighted by atomic mass is 10.1. The molecule has 26 heavy (non-hydrogen) atoms. The summed E-state index contributed by atoms with van der Waals surface area (Å²) in [6, 6.07) is 7.33. The highest BCUT2D eigenvalue weighted by Crippen LogP contribution is 2.29. The van der Waals surface area contributed by atoms with Gasteiger partial charge in [-0.2, -0.15) is 0 Å². The Labute approximate surface area is 155 Å². The fraction of sp³-hybridized carbons (Fsp3) is 0.263. The Morgan fingerprint density at radius 3 is 2.62 bits per heavy atom. The number of thiophene rings is 1. The number of hydrogen-bond donors (Lipinski definition) is 1. The van der Waals surface area contributed by atoms with Gasteiger partial charge in [0.15, 0.2) is 11.5 Å². The van der Waals surface area contributed by atoms with E-state index in [2.05, 4.69) is 5.32 Å². The highest BCUT2D eigenvalue weighted by Gasteiger charge is 2.19. The fourth-order valence-electron chi connectivity index (χ4n) is 2.85. The number of pyridine rings is 1. The molecule has 0 fully saturated rings. The van der Waals surface area contributed by atoms with E-state index in [0.717, 1.165) is 15.1 Å². The van der Waals surface area contributed by atoms with Gasteiger partial charge in [-0.05, 0) is 30.7 Å². The predicted molar refractivity (Wildman–Crippen MR) is 103 cm³/mol. The summed E-state index contributed by atoms with van der Waals surface area (Å²) < 4.78 is 12.8. The van der Waals surface area contributed by atoms with Gasteiger partial charge in [0.05, 0.1) is 25.2 Å². The average molecular weight is 372 g/mol. The van der Waals surface area contributed by atoms with Crippen LogP contribution in [0, 0.1) is 6.92 Å². The van der Waals surface area contributed by atoms with Crippen LogP contribution in [0.25, 0.3) is 10.1 Å². The van der Waals surface area contributed by atoms with Crippen molar-refractivity contribution in [3.63, 3.8) is 0 Å². The quantitative estimate of drug-likeness (QED) is 0.748.